The number of para-hydroxylation sites is 1. The second-order valence-corrected chi connectivity index (χ2v) is 6.58. The Balaban J connectivity index is 1.81. The zero-order valence-corrected chi connectivity index (χ0v) is 13.0. The molecule has 0 radical (unpaired) electrons. The van der Waals surface area contributed by atoms with Gasteiger partial charge in [0.2, 0.25) is 11.8 Å². The molecule has 23 heavy (non-hydrogen) atoms. The molecule has 0 unspecified atom stereocenters. The summed E-state index contributed by atoms with van der Waals surface area (Å²) in [5.41, 5.74) is 3.20. The molecule has 1 aromatic rings. The lowest BCUT2D eigenvalue weighted by atomic mass is 9.85. The molecule has 1 heterocycles. The molecular formula is C19H16N2O2. The molecule has 3 aliphatic rings. The fourth-order valence-corrected chi connectivity index (χ4v) is 4.43. The molecule has 0 spiro atoms. The maximum Gasteiger partial charge on any atom is 0.238 e. The topological polar surface area (TPSA) is 61.2 Å². The van der Waals surface area contributed by atoms with Crippen molar-refractivity contribution in [2.75, 3.05) is 4.90 Å². The number of amides is 2. The van der Waals surface area contributed by atoms with E-state index in [4.69, 9.17) is 0 Å². The molecule has 4 rings (SSSR count). The van der Waals surface area contributed by atoms with Crippen LogP contribution in [0.25, 0.3) is 0 Å². The van der Waals surface area contributed by atoms with E-state index in [0.29, 0.717) is 11.3 Å². The molecule has 4 heteroatoms. The predicted molar refractivity (Wildman–Crippen MR) is 85.1 cm³/mol. The fraction of sp³-hybridized carbons (Fsp3) is 0.316. The first-order valence-corrected chi connectivity index (χ1v) is 7.78. The Morgan fingerprint density at radius 2 is 1.61 bits per heavy atom. The van der Waals surface area contributed by atoms with Gasteiger partial charge in [0.05, 0.1) is 23.1 Å². The van der Waals surface area contributed by atoms with Crippen LogP contribution < -0.4 is 4.90 Å². The summed E-state index contributed by atoms with van der Waals surface area (Å²) in [4.78, 5) is 27.2. The first-order chi connectivity index (χ1) is 11.1. The number of allylic oxidation sites excluding steroid dienone is 4. The fourth-order valence-electron chi connectivity index (χ4n) is 4.43. The molecule has 4 nitrogen and oxygen atoms in total. The number of anilines is 1. The molecule has 0 aromatic heterocycles. The summed E-state index contributed by atoms with van der Waals surface area (Å²) in [6.45, 7) is 4.09. The normalized spacial score (nSPS) is 30.8. The Morgan fingerprint density at radius 1 is 1.04 bits per heavy atom. The van der Waals surface area contributed by atoms with Crippen LogP contribution >= 0.6 is 0 Å². The van der Waals surface area contributed by atoms with Crippen LogP contribution in [0.3, 0.4) is 0 Å². The quantitative estimate of drug-likeness (QED) is 0.592. The summed E-state index contributed by atoms with van der Waals surface area (Å²) in [5.74, 6) is -0.892. The van der Waals surface area contributed by atoms with Gasteiger partial charge in [-0.1, -0.05) is 35.4 Å². The highest BCUT2D eigenvalue weighted by Gasteiger charge is 2.62. The summed E-state index contributed by atoms with van der Waals surface area (Å²) in [6.07, 6.45) is 4.14. The number of rotatable bonds is 1. The van der Waals surface area contributed by atoms with E-state index >= 15 is 0 Å². The van der Waals surface area contributed by atoms with Crippen LogP contribution in [0.15, 0.2) is 47.6 Å². The van der Waals surface area contributed by atoms with E-state index in [1.54, 1.807) is 24.3 Å². The highest BCUT2D eigenvalue weighted by molar-refractivity contribution is 6.23. The van der Waals surface area contributed by atoms with Gasteiger partial charge in [0, 0.05) is 11.8 Å². The summed E-state index contributed by atoms with van der Waals surface area (Å²) < 4.78 is 0. The molecule has 1 aromatic carbocycles. The van der Waals surface area contributed by atoms with E-state index in [1.807, 2.05) is 13.8 Å². The van der Waals surface area contributed by atoms with Gasteiger partial charge in [0.1, 0.15) is 6.07 Å². The number of nitriles is 1. The first kappa shape index (κ1) is 14.0. The Bertz CT molecular complexity index is 805. The third kappa shape index (κ3) is 1.65. The minimum Gasteiger partial charge on any atom is -0.274 e. The van der Waals surface area contributed by atoms with Gasteiger partial charge in [-0.2, -0.15) is 5.26 Å². The third-order valence-electron chi connectivity index (χ3n) is 5.26. The second-order valence-electron chi connectivity index (χ2n) is 6.58. The minimum atomic E-state index is -0.311. The van der Waals surface area contributed by atoms with E-state index in [-0.39, 0.29) is 35.5 Å². The number of hydrogen-bond acceptors (Lipinski definition) is 3. The summed E-state index contributed by atoms with van der Waals surface area (Å²) in [6, 6.07) is 8.87. The van der Waals surface area contributed by atoms with Gasteiger partial charge >= 0.3 is 0 Å². The van der Waals surface area contributed by atoms with E-state index < -0.39 is 0 Å². The number of carbonyl (C=O) groups excluding carboxylic acids is 2. The van der Waals surface area contributed by atoms with E-state index in [1.165, 1.54) is 16.0 Å². The van der Waals surface area contributed by atoms with Crippen LogP contribution in [0, 0.1) is 35.0 Å². The van der Waals surface area contributed by atoms with Crippen LogP contribution in [0.2, 0.25) is 0 Å². The van der Waals surface area contributed by atoms with Gasteiger partial charge in [0.25, 0.3) is 0 Å². The van der Waals surface area contributed by atoms with Gasteiger partial charge in [-0.25, -0.2) is 4.90 Å². The second kappa shape index (κ2) is 4.66. The van der Waals surface area contributed by atoms with Crippen LogP contribution in [0.1, 0.15) is 19.4 Å². The van der Waals surface area contributed by atoms with E-state index in [0.717, 1.165) is 0 Å². The van der Waals surface area contributed by atoms with Crippen molar-refractivity contribution in [3.63, 3.8) is 0 Å². The van der Waals surface area contributed by atoms with Crippen molar-refractivity contribution in [2.24, 2.45) is 23.7 Å². The standard InChI is InChI=1S/C19H16N2O2/c1-10(2)15-12-7-8-13(15)17-16(12)18(22)21(19(17)23)14-6-4-3-5-11(14)9-20/h3-8,12-13,16-17H,1-2H3/t12-,13-,16-,17-/m0/s1. The van der Waals surface area contributed by atoms with Crippen molar-refractivity contribution < 1.29 is 9.59 Å². The highest BCUT2D eigenvalue weighted by atomic mass is 16.2. The molecule has 4 atom stereocenters. The van der Waals surface area contributed by atoms with Crippen LogP contribution in [-0.2, 0) is 9.59 Å². The molecule has 2 amide bonds. The Hall–Kier alpha value is -2.67. The SMILES string of the molecule is CC(C)=C1[C@@H]2C=C[C@@H]1[C@@H]1C(=O)N(c3ccccc3C#N)C(=O)[C@H]12. The predicted octanol–water partition coefficient (Wildman–Crippen LogP) is 2.82. The van der Waals surface area contributed by atoms with Crippen molar-refractivity contribution in [1.82, 2.24) is 0 Å². The highest BCUT2D eigenvalue weighted by Crippen LogP contribution is 2.57. The van der Waals surface area contributed by atoms with E-state index in [9.17, 15) is 14.9 Å². The first-order valence-electron chi connectivity index (χ1n) is 7.78. The zero-order chi connectivity index (χ0) is 16.3. The Kier molecular flexibility index (Phi) is 2.83. The number of benzene rings is 1. The Morgan fingerprint density at radius 3 is 2.13 bits per heavy atom. The summed E-state index contributed by atoms with van der Waals surface area (Å²) >= 11 is 0. The van der Waals surface area contributed by atoms with Crippen molar-refractivity contribution in [2.45, 2.75) is 13.8 Å². The van der Waals surface area contributed by atoms with E-state index in [2.05, 4.69) is 18.2 Å². The van der Waals surface area contributed by atoms with Crippen molar-refractivity contribution >= 4 is 17.5 Å². The molecule has 2 aliphatic carbocycles. The molecule has 0 N–H and O–H groups in total. The lowest BCUT2D eigenvalue weighted by Gasteiger charge is -2.20. The van der Waals surface area contributed by atoms with Gasteiger partial charge in [0.15, 0.2) is 0 Å². The maximum atomic E-state index is 13.0. The molecule has 1 saturated heterocycles. The molecular weight excluding hydrogens is 288 g/mol. The summed E-state index contributed by atoms with van der Waals surface area (Å²) in [5, 5.41) is 9.27. The van der Waals surface area contributed by atoms with Crippen molar-refractivity contribution in [3.05, 3.63) is 53.1 Å². The molecule has 1 aliphatic heterocycles. The molecule has 2 bridgehead atoms. The van der Waals surface area contributed by atoms with Crippen molar-refractivity contribution in [1.29, 1.82) is 5.26 Å². The van der Waals surface area contributed by atoms with Crippen molar-refractivity contribution in [3.8, 4) is 6.07 Å². The maximum absolute atomic E-state index is 13.0. The number of nitrogens with zero attached hydrogens (tertiary/aromatic N) is 2. The average Bonchev–Trinajstić information content (AvgIpc) is 3.18. The largest absolute Gasteiger partial charge is 0.274 e. The number of carbonyl (C=O) groups is 2. The monoisotopic (exact) mass is 304 g/mol. The molecule has 1 saturated carbocycles. The molecule has 2 fully saturated rings. The van der Waals surface area contributed by atoms with Crippen LogP contribution in [0.4, 0.5) is 5.69 Å². The third-order valence-corrected chi connectivity index (χ3v) is 5.26. The number of hydrogen-bond donors (Lipinski definition) is 0. The van der Waals surface area contributed by atoms with Gasteiger partial charge < -0.3 is 0 Å². The smallest absolute Gasteiger partial charge is 0.238 e. The zero-order valence-electron chi connectivity index (χ0n) is 13.0. The van der Waals surface area contributed by atoms with Gasteiger partial charge in [-0.3, -0.25) is 9.59 Å². The lowest BCUT2D eigenvalue weighted by Crippen LogP contribution is -2.33. The number of imide groups is 1. The lowest BCUT2D eigenvalue weighted by molar-refractivity contribution is -0.122. The average molecular weight is 304 g/mol. The Labute approximate surface area is 134 Å². The van der Waals surface area contributed by atoms with Crippen LogP contribution in [-0.4, -0.2) is 11.8 Å². The summed E-state index contributed by atoms with van der Waals surface area (Å²) in [7, 11) is 0. The van der Waals surface area contributed by atoms with Gasteiger partial charge in [-0.15, -0.1) is 0 Å². The molecule has 114 valence electrons. The minimum absolute atomic E-state index is 0.0331. The van der Waals surface area contributed by atoms with Crippen LogP contribution in [0.5, 0.6) is 0 Å². The van der Waals surface area contributed by atoms with Gasteiger partial charge in [-0.05, 0) is 26.0 Å². The number of fused-ring (bicyclic) bond motifs is 5.